The van der Waals surface area contributed by atoms with Crippen molar-refractivity contribution in [3.8, 4) is 0 Å². The van der Waals surface area contributed by atoms with E-state index >= 15 is 0 Å². The molecule has 0 radical (unpaired) electrons. The Balaban J connectivity index is 2.51. The number of nitrogens with one attached hydrogen (secondary N) is 1. The number of thioether (sulfide) groups is 1. The van der Waals surface area contributed by atoms with Crippen LogP contribution in [-0.4, -0.2) is 36.2 Å². The van der Waals surface area contributed by atoms with Gasteiger partial charge in [-0.25, -0.2) is 0 Å². The van der Waals surface area contributed by atoms with E-state index in [0.717, 1.165) is 18.0 Å². The molecule has 0 unspecified atom stereocenters. The lowest BCUT2D eigenvalue weighted by Gasteiger charge is -2.21. The minimum atomic E-state index is 0.178. The molecule has 1 N–H and O–H groups in total. The molecule has 0 bridgehead atoms. The Morgan fingerprint density at radius 1 is 1.42 bits per heavy atom. The molecule has 0 spiro atoms. The summed E-state index contributed by atoms with van der Waals surface area (Å²) in [6.45, 7) is 8.00. The van der Waals surface area contributed by atoms with E-state index in [4.69, 9.17) is 0 Å². The first-order chi connectivity index (χ1) is 9.04. The molecule has 1 aromatic carbocycles. The molecule has 0 aliphatic carbocycles. The first-order valence-electron chi connectivity index (χ1n) is 6.72. The average Bonchev–Trinajstić information content (AvgIpc) is 2.42. The molecular weight excluding hydrogens is 256 g/mol. The summed E-state index contributed by atoms with van der Waals surface area (Å²) >= 11 is 1.60. The van der Waals surface area contributed by atoms with E-state index in [1.165, 1.54) is 5.56 Å². The van der Waals surface area contributed by atoms with Crippen LogP contribution < -0.4 is 5.32 Å². The van der Waals surface area contributed by atoms with Crippen LogP contribution in [0, 0.1) is 0 Å². The van der Waals surface area contributed by atoms with Crippen LogP contribution in [0.1, 0.15) is 26.3 Å². The third-order valence-corrected chi connectivity index (χ3v) is 3.99. The van der Waals surface area contributed by atoms with Crippen LogP contribution in [0.15, 0.2) is 29.2 Å². The van der Waals surface area contributed by atoms with E-state index < -0.39 is 0 Å². The summed E-state index contributed by atoms with van der Waals surface area (Å²) in [6.07, 6.45) is 0. The van der Waals surface area contributed by atoms with Gasteiger partial charge in [-0.2, -0.15) is 0 Å². The zero-order valence-electron chi connectivity index (χ0n) is 12.3. The van der Waals surface area contributed by atoms with Gasteiger partial charge >= 0.3 is 0 Å². The summed E-state index contributed by atoms with van der Waals surface area (Å²) in [5.74, 6) is 0.677. The normalized spacial score (nSPS) is 10.8. The molecule has 0 aliphatic heterocycles. The van der Waals surface area contributed by atoms with E-state index in [0.29, 0.717) is 5.75 Å². The van der Waals surface area contributed by atoms with Crippen LogP contribution >= 0.6 is 11.8 Å². The minimum absolute atomic E-state index is 0.178. The van der Waals surface area contributed by atoms with Crippen molar-refractivity contribution in [1.29, 1.82) is 0 Å². The molecular formula is C15H24N2OS. The number of carbonyl (C=O) groups excluding carboxylic acids is 1. The zero-order chi connectivity index (χ0) is 14.3. The van der Waals surface area contributed by atoms with E-state index in [2.05, 4.69) is 30.4 Å². The second-order valence-corrected chi connectivity index (χ2v) is 5.86. The Morgan fingerprint density at radius 3 is 2.79 bits per heavy atom. The van der Waals surface area contributed by atoms with E-state index in [-0.39, 0.29) is 11.9 Å². The van der Waals surface area contributed by atoms with Gasteiger partial charge in [-0.1, -0.05) is 19.1 Å². The highest BCUT2D eigenvalue weighted by molar-refractivity contribution is 8.00. The highest BCUT2D eigenvalue weighted by Gasteiger charge is 2.11. The number of carbonyl (C=O) groups is 1. The summed E-state index contributed by atoms with van der Waals surface area (Å²) in [7, 11) is 1.86. The molecule has 106 valence electrons. The summed E-state index contributed by atoms with van der Waals surface area (Å²) in [4.78, 5) is 14.8. The molecule has 1 amide bonds. The van der Waals surface area contributed by atoms with E-state index in [1.54, 1.807) is 16.7 Å². The maximum Gasteiger partial charge on any atom is 0.232 e. The summed E-state index contributed by atoms with van der Waals surface area (Å²) in [5.41, 5.74) is 1.26. The van der Waals surface area contributed by atoms with E-state index in [1.807, 2.05) is 27.0 Å². The van der Waals surface area contributed by atoms with Crippen molar-refractivity contribution in [3.63, 3.8) is 0 Å². The van der Waals surface area contributed by atoms with Gasteiger partial charge in [0.05, 0.1) is 5.75 Å². The van der Waals surface area contributed by atoms with Gasteiger partial charge in [0.2, 0.25) is 5.91 Å². The third-order valence-electron chi connectivity index (χ3n) is 3.01. The number of nitrogens with zero attached hydrogens (tertiary/aromatic N) is 1. The smallest absolute Gasteiger partial charge is 0.232 e. The molecule has 3 nitrogen and oxygen atoms in total. The molecule has 1 rings (SSSR count). The lowest BCUT2D eigenvalue weighted by Crippen LogP contribution is -2.34. The molecule has 0 fully saturated rings. The number of hydrogen-bond acceptors (Lipinski definition) is 3. The molecule has 0 aliphatic rings. The Kier molecular flexibility index (Phi) is 6.95. The second-order valence-electron chi connectivity index (χ2n) is 4.81. The first-order valence-corrected chi connectivity index (χ1v) is 7.71. The number of rotatable bonds is 7. The van der Waals surface area contributed by atoms with Crippen LogP contribution in [0.25, 0.3) is 0 Å². The van der Waals surface area contributed by atoms with E-state index in [9.17, 15) is 4.79 Å². The van der Waals surface area contributed by atoms with Crippen LogP contribution in [0.3, 0.4) is 0 Å². The molecule has 0 atom stereocenters. The van der Waals surface area contributed by atoms with Gasteiger partial charge in [-0.05, 0) is 38.1 Å². The number of hydrogen-bond donors (Lipinski definition) is 1. The van der Waals surface area contributed by atoms with Crippen molar-refractivity contribution in [3.05, 3.63) is 29.8 Å². The van der Waals surface area contributed by atoms with Crippen LogP contribution in [0.4, 0.5) is 0 Å². The lowest BCUT2D eigenvalue weighted by molar-refractivity contribution is -0.128. The van der Waals surface area contributed by atoms with Crippen molar-refractivity contribution in [2.75, 3.05) is 19.3 Å². The average molecular weight is 280 g/mol. The maximum absolute atomic E-state index is 11.9. The summed E-state index contributed by atoms with van der Waals surface area (Å²) < 4.78 is 0. The third kappa shape index (κ3) is 5.66. The molecule has 0 aromatic heterocycles. The van der Waals surface area contributed by atoms with Crippen molar-refractivity contribution < 1.29 is 4.79 Å². The van der Waals surface area contributed by atoms with Crippen LogP contribution in [-0.2, 0) is 11.3 Å². The fourth-order valence-corrected chi connectivity index (χ4v) is 2.45. The van der Waals surface area contributed by atoms with Gasteiger partial charge in [-0.3, -0.25) is 4.79 Å². The summed E-state index contributed by atoms with van der Waals surface area (Å²) in [5, 5.41) is 3.31. The highest BCUT2D eigenvalue weighted by Crippen LogP contribution is 2.19. The van der Waals surface area contributed by atoms with Gasteiger partial charge in [-0.15, -0.1) is 11.8 Å². The largest absolute Gasteiger partial charge is 0.343 e. The van der Waals surface area contributed by atoms with Crippen LogP contribution in [0.5, 0.6) is 0 Å². The lowest BCUT2D eigenvalue weighted by atomic mass is 10.2. The Labute approximate surface area is 120 Å². The Morgan fingerprint density at radius 2 is 2.16 bits per heavy atom. The van der Waals surface area contributed by atoms with Gasteiger partial charge in [0.25, 0.3) is 0 Å². The van der Waals surface area contributed by atoms with Gasteiger partial charge in [0, 0.05) is 24.5 Å². The zero-order valence-corrected chi connectivity index (χ0v) is 13.1. The van der Waals surface area contributed by atoms with Crippen molar-refractivity contribution in [1.82, 2.24) is 10.2 Å². The Bertz CT molecular complexity index is 407. The van der Waals surface area contributed by atoms with Gasteiger partial charge in [0.1, 0.15) is 0 Å². The monoisotopic (exact) mass is 280 g/mol. The maximum atomic E-state index is 11.9. The molecule has 1 aromatic rings. The van der Waals surface area contributed by atoms with Gasteiger partial charge in [0.15, 0.2) is 0 Å². The second kappa shape index (κ2) is 8.23. The highest BCUT2D eigenvalue weighted by atomic mass is 32.2. The molecule has 19 heavy (non-hydrogen) atoms. The molecule has 0 heterocycles. The standard InChI is InChI=1S/C15H24N2OS/c1-5-16-10-13-7-6-8-14(9-13)19-11-15(18)17(4)12(2)3/h6-9,12,16H,5,10-11H2,1-4H3. The SMILES string of the molecule is CCNCc1cccc(SCC(=O)N(C)C(C)C)c1. The predicted octanol–water partition coefficient (Wildman–Crippen LogP) is 2.76. The quantitative estimate of drug-likeness (QED) is 0.780. The predicted molar refractivity (Wildman–Crippen MR) is 82.5 cm³/mol. The van der Waals surface area contributed by atoms with Gasteiger partial charge < -0.3 is 10.2 Å². The fourth-order valence-electron chi connectivity index (χ4n) is 1.55. The molecule has 0 saturated heterocycles. The fraction of sp³-hybridized carbons (Fsp3) is 0.533. The minimum Gasteiger partial charge on any atom is -0.343 e. The van der Waals surface area contributed by atoms with Crippen molar-refractivity contribution in [2.24, 2.45) is 0 Å². The van der Waals surface area contributed by atoms with Crippen LogP contribution in [0.2, 0.25) is 0 Å². The molecule has 4 heteroatoms. The number of amides is 1. The summed E-state index contributed by atoms with van der Waals surface area (Å²) in [6, 6.07) is 8.62. The first kappa shape index (κ1) is 16.1. The topological polar surface area (TPSA) is 32.3 Å². The van der Waals surface area contributed by atoms with Crippen molar-refractivity contribution >= 4 is 17.7 Å². The van der Waals surface area contributed by atoms with Crippen molar-refractivity contribution in [2.45, 2.75) is 38.3 Å². The number of benzene rings is 1. The molecule has 0 saturated carbocycles. The Hall–Kier alpha value is -1.00.